The second kappa shape index (κ2) is 9.94. The van der Waals surface area contributed by atoms with Crippen molar-refractivity contribution in [1.82, 2.24) is 0 Å². The van der Waals surface area contributed by atoms with Gasteiger partial charge >= 0.3 is 11.9 Å². The molecule has 0 spiro atoms. The number of anilines is 2. The van der Waals surface area contributed by atoms with Crippen LogP contribution in [0.15, 0.2) is 41.3 Å². The molecular weight excluding hydrogens is 428 g/mol. The summed E-state index contributed by atoms with van der Waals surface area (Å²) in [5.74, 6) is -1.63. The summed E-state index contributed by atoms with van der Waals surface area (Å²) >= 11 is 0. The minimum absolute atomic E-state index is 0.0475. The van der Waals surface area contributed by atoms with E-state index in [1.807, 2.05) is 0 Å². The first-order valence-electron chi connectivity index (χ1n) is 9.00. The normalized spacial score (nSPS) is 10.7. The number of amides is 1. The Labute approximate surface area is 179 Å². The van der Waals surface area contributed by atoms with Gasteiger partial charge in [-0.05, 0) is 43.3 Å². The molecule has 0 saturated heterocycles. The lowest BCUT2D eigenvalue weighted by atomic mass is 10.1. The Morgan fingerprint density at radius 3 is 2.00 bits per heavy atom. The Hall–Kier alpha value is -3.60. The fraction of sp³-hybridized carbons (Fsp3) is 0.250. The van der Waals surface area contributed by atoms with Crippen LogP contribution in [-0.2, 0) is 24.3 Å². The summed E-state index contributed by atoms with van der Waals surface area (Å²) in [5, 5.41) is 2.52. The van der Waals surface area contributed by atoms with Crippen molar-refractivity contribution in [3.05, 3.63) is 47.5 Å². The van der Waals surface area contributed by atoms with E-state index in [1.54, 1.807) is 6.92 Å². The number of carbonyl (C=O) groups excluding carboxylic acids is 3. The average molecular weight is 450 g/mol. The van der Waals surface area contributed by atoms with Gasteiger partial charge in [-0.1, -0.05) is 0 Å². The van der Waals surface area contributed by atoms with Crippen LogP contribution in [0.5, 0.6) is 5.75 Å². The van der Waals surface area contributed by atoms with E-state index < -0.39 is 27.9 Å². The summed E-state index contributed by atoms with van der Waals surface area (Å²) in [7, 11) is -1.86. The molecule has 0 aromatic heterocycles. The van der Waals surface area contributed by atoms with Crippen LogP contribution in [0.3, 0.4) is 0 Å². The minimum Gasteiger partial charge on any atom is -0.492 e. The van der Waals surface area contributed by atoms with Crippen LogP contribution in [0.4, 0.5) is 11.4 Å². The van der Waals surface area contributed by atoms with Crippen molar-refractivity contribution in [1.29, 1.82) is 0 Å². The molecule has 2 N–H and O–H groups in total. The molecule has 2 aromatic rings. The number of rotatable bonds is 8. The van der Waals surface area contributed by atoms with Crippen molar-refractivity contribution >= 4 is 39.2 Å². The maximum absolute atomic E-state index is 12.9. The molecule has 0 atom stereocenters. The number of benzene rings is 2. The molecule has 0 aliphatic heterocycles. The van der Waals surface area contributed by atoms with E-state index >= 15 is 0 Å². The van der Waals surface area contributed by atoms with Gasteiger partial charge in [-0.25, -0.2) is 18.0 Å². The van der Waals surface area contributed by atoms with Crippen molar-refractivity contribution in [3.8, 4) is 5.75 Å². The molecular formula is C20H22N2O8S. The van der Waals surface area contributed by atoms with Crippen LogP contribution < -0.4 is 14.8 Å². The van der Waals surface area contributed by atoms with Crippen molar-refractivity contribution in [2.75, 3.05) is 30.9 Å². The van der Waals surface area contributed by atoms with Gasteiger partial charge in [-0.3, -0.25) is 9.52 Å². The molecule has 0 aliphatic carbocycles. The molecule has 0 aliphatic rings. The highest BCUT2D eigenvalue weighted by Gasteiger charge is 2.20. The van der Waals surface area contributed by atoms with E-state index in [-0.39, 0.29) is 27.4 Å². The lowest BCUT2D eigenvalue weighted by Crippen LogP contribution is -2.16. The Bertz CT molecular complexity index is 1080. The van der Waals surface area contributed by atoms with Crippen LogP contribution in [-0.4, -0.2) is 47.1 Å². The highest BCUT2D eigenvalue weighted by atomic mass is 32.2. The third kappa shape index (κ3) is 5.95. The maximum Gasteiger partial charge on any atom is 0.337 e. The first-order chi connectivity index (χ1) is 14.6. The first-order valence-corrected chi connectivity index (χ1v) is 10.5. The van der Waals surface area contributed by atoms with Gasteiger partial charge in [-0.2, -0.15) is 0 Å². The molecule has 0 bridgehead atoms. The molecule has 0 radical (unpaired) electrons. The molecule has 31 heavy (non-hydrogen) atoms. The topological polar surface area (TPSA) is 137 Å². The third-order valence-electron chi connectivity index (χ3n) is 3.90. The highest BCUT2D eigenvalue weighted by Crippen LogP contribution is 2.29. The fourth-order valence-electron chi connectivity index (χ4n) is 2.62. The van der Waals surface area contributed by atoms with Crippen molar-refractivity contribution in [3.63, 3.8) is 0 Å². The second-order valence-electron chi connectivity index (χ2n) is 6.16. The van der Waals surface area contributed by atoms with E-state index in [9.17, 15) is 22.8 Å². The molecule has 1 amide bonds. The van der Waals surface area contributed by atoms with Gasteiger partial charge in [0.1, 0.15) is 5.75 Å². The van der Waals surface area contributed by atoms with Gasteiger partial charge in [0.2, 0.25) is 5.91 Å². The summed E-state index contributed by atoms with van der Waals surface area (Å²) in [4.78, 5) is 35.1. The summed E-state index contributed by atoms with van der Waals surface area (Å²) in [5.41, 5.74) is 0.0245. The van der Waals surface area contributed by atoms with Crippen LogP contribution in [0.1, 0.15) is 34.6 Å². The van der Waals surface area contributed by atoms with E-state index in [4.69, 9.17) is 4.74 Å². The second-order valence-corrected chi connectivity index (χ2v) is 7.84. The number of nitrogens with one attached hydrogen (secondary N) is 2. The molecule has 0 unspecified atom stereocenters. The van der Waals surface area contributed by atoms with E-state index in [0.717, 1.165) is 14.2 Å². The largest absolute Gasteiger partial charge is 0.492 e. The molecule has 166 valence electrons. The zero-order valence-corrected chi connectivity index (χ0v) is 18.2. The predicted octanol–water partition coefficient (Wildman–Crippen LogP) is 2.42. The Kier molecular flexibility index (Phi) is 7.59. The quantitative estimate of drug-likeness (QED) is 0.585. The van der Waals surface area contributed by atoms with Crippen molar-refractivity contribution in [2.45, 2.75) is 18.7 Å². The predicted molar refractivity (Wildman–Crippen MR) is 112 cm³/mol. The molecule has 10 nitrogen and oxygen atoms in total. The molecule has 0 fully saturated rings. The summed E-state index contributed by atoms with van der Waals surface area (Å²) < 4.78 is 42.8. The maximum atomic E-state index is 12.9. The first kappa shape index (κ1) is 23.7. The summed E-state index contributed by atoms with van der Waals surface area (Å²) in [6, 6.07) is 7.61. The number of sulfonamides is 1. The highest BCUT2D eigenvalue weighted by molar-refractivity contribution is 7.92. The van der Waals surface area contributed by atoms with Gasteiger partial charge in [0.05, 0.1) is 48.2 Å². The van der Waals surface area contributed by atoms with E-state index in [2.05, 4.69) is 19.5 Å². The van der Waals surface area contributed by atoms with E-state index in [1.165, 1.54) is 43.3 Å². The van der Waals surface area contributed by atoms with Gasteiger partial charge in [0.25, 0.3) is 10.0 Å². The van der Waals surface area contributed by atoms with Crippen LogP contribution in [0.25, 0.3) is 0 Å². The van der Waals surface area contributed by atoms with Crippen LogP contribution >= 0.6 is 0 Å². The Balaban J connectivity index is 2.48. The lowest BCUT2D eigenvalue weighted by Gasteiger charge is -2.14. The van der Waals surface area contributed by atoms with Gasteiger partial charge in [-0.15, -0.1) is 0 Å². The SMILES string of the molecule is CCOc1ccc(S(=O)(=O)Nc2cc(C(=O)OC)cc(C(=O)OC)c2)cc1NC(C)=O. The number of hydrogen-bond acceptors (Lipinski definition) is 8. The van der Waals surface area contributed by atoms with Crippen molar-refractivity contribution in [2.24, 2.45) is 0 Å². The minimum atomic E-state index is -4.16. The summed E-state index contributed by atoms with van der Waals surface area (Å²) in [6.07, 6.45) is 0. The zero-order valence-electron chi connectivity index (χ0n) is 17.3. The molecule has 2 aromatic carbocycles. The molecule has 2 rings (SSSR count). The van der Waals surface area contributed by atoms with Crippen LogP contribution in [0.2, 0.25) is 0 Å². The Morgan fingerprint density at radius 2 is 1.52 bits per heavy atom. The van der Waals surface area contributed by atoms with Gasteiger partial charge in [0.15, 0.2) is 0 Å². The van der Waals surface area contributed by atoms with Gasteiger partial charge < -0.3 is 19.5 Å². The average Bonchev–Trinajstić information content (AvgIpc) is 2.72. The monoisotopic (exact) mass is 450 g/mol. The third-order valence-corrected chi connectivity index (χ3v) is 5.28. The van der Waals surface area contributed by atoms with Gasteiger partial charge in [0, 0.05) is 6.92 Å². The van der Waals surface area contributed by atoms with Crippen LogP contribution in [0, 0.1) is 0 Å². The number of hydrogen-bond donors (Lipinski definition) is 2. The standard InChI is InChI=1S/C20H22N2O8S/c1-5-30-18-7-6-16(11-17(18)21-12(2)23)31(26,27)22-15-9-13(19(24)28-3)8-14(10-15)20(25)29-4/h6-11,22H,5H2,1-4H3,(H,21,23). The fourth-order valence-corrected chi connectivity index (χ4v) is 3.68. The molecule has 0 saturated carbocycles. The summed E-state index contributed by atoms with van der Waals surface area (Å²) in [6.45, 7) is 3.34. The smallest absolute Gasteiger partial charge is 0.337 e. The van der Waals surface area contributed by atoms with Crippen molar-refractivity contribution < 1.29 is 37.0 Å². The number of methoxy groups -OCH3 is 2. The van der Waals surface area contributed by atoms with E-state index in [0.29, 0.717) is 12.4 Å². The number of ether oxygens (including phenoxy) is 3. The zero-order chi connectivity index (χ0) is 23.2. The molecule has 11 heteroatoms. The number of esters is 2. The molecule has 0 heterocycles. The lowest BCUT2D eigenvalue weighted by molar-refractivity contribution is -0.114. The number of carbonyl (C=O) groups is 3. The Morgan fingerprint density at radius 1 is 0.935 bits per heavy atom.